The third-order valence-corrected chi connectivity index (χ3v) is 3.53. The number of hydrogen-bond acceptors (Lipinski definition) is 3. The molecule has 86 valence electrons. The Hall–Kier alpha value is -0.170. The van der Waals surface area contributed by atoms with E-state index in [0.717, 1.165) is 0 Å². The second-order valence-corrected chi connectivity index (χ2v) is 5.05. The molecule has 0 spiro atoms. The first kappa shape index (κ1) is 13.8. The Morgan fingerprint density at radius 1 is 1.43 bits per heavy atom. The van der Waals surface area contributed by atoms with E-state index in [1.807, 2.05) is 0 Å². The molecule has 0 saturated heterocycles. The van der Waals surface area contributed by atoms with Gasteiger partial charge in [0.25, 0.3) is 10.2 Å². The minimum Gasteiger partial charge on any atom is -0.396 e. The van der Waals surface area contributed by atoms with Crippen LogP contribution in [0.25, 0.3) is 0 Å². The van der Waals surface area contributed by atoms with Gasteiger partial charge < -0.3 is 5.11 Å². The maximum absolute atomic E-state index is 11.6. The molecule has 0 aliphatic heterocycles. The number of nitrogens with one attached hydrogen (secondary N) is 1. The maximum atomic E-state index is 11.6. The fraction of sp³-hybridized carbons (Fsp3) is 1.00. The molecule has 0 rings (SSSR count). The number of hydrogen-bond donors (Lipinski definition) is 2. The maximum Gasteiger partial charge on any atom is 0.279 e. The highest BCUT2D eigenvalue weighted by atomic mass is 32.2. The third-order valence-electron chi connectivity index (χ3n) is 1.64. The molecule has 0 unspecified atom stereocenters. The molecule has 2 N–H and O–H groups in total. The van der Waals surface area contributed by atoms with Crippen molar-refractivity contribution in [1.82, 2.24) is 9.03 Å². The summed E-state index contributed by atoms with van der Waals surface area (Å²) in [6.45, 7) is 6.11. The van der Waals surface area contributed by atoms with Crippen molar-refractivity contribution < 1.29 is 13.5 Å². The molecule has 0 aromatic heterocycles. The molecule has 0 atom stereocenters. The largest absolute Gasteiger partial charge is 0.396 e. The number of rotatable bonds is 7. The predicted octanol–water partition coefficient (Wildman–Crippen LogP) is -0.0665. The lowest BCUT2D eigenvalue weighted by Gasteiger charge is -2.21. The van der Waals surface area contributed by atoms with E-state index in [1.165, 1.54) is 4.31 Å². The number of aliphatic hydroxyl groups excluding tert-OH is 1. The highest BCUT2D eigenvalue weighted by Gasteiger charge is 2.19. The Morgan fingerprint density at radius 2 is 2.00 bits per heavy atom. The van der Waals surface area contributed by atoms with Crippen LogP contribution < -0.4 is 4.72 Å². The van der Waals surface area contributed by atoms with E-state index in [0.29, 0.717) is 19.5 Å². The van der Waals surface area contributed by atoms with Crippen LogP contribution in [0.5, 0.6) is 0 Å². The van der Waals surface area contributed by atoms with Gasteiger partial charge in [-0.2, -0.15) is 17.4 Å². The molecule has 0 bridgehead atoms. The second kappa shape index (κ2) is 6.34. The molecule has 0 aromatic carbocycles. The number of aliphatic hydroxyl groups is 1. The normalized spacial score (nSPS) is 12.7. The average molecular weight is 224 g/mol. The van der Waals surface area contributed by atoms with Gasteiger partial charge in [0, 0.05) is 25.7 Å². The summed E-state index contributed by atoms with van der Waals surface area (Å²) in [6, 6.07) is -0.108. The molecule has 0 heterocycles. The first-order valence-corrected chi connectivity index (χ1v) is 6.26. The van der Waals surface area contributed by atoms with Gasteiger partial charge in [0.1, 0.15) is 0 Å². The molecule has 14 heavy (non-hydrogen) atoms. The van der Waals surface area contributed by atoms with Gasteiger partial charge >= 0.3 is 0 Å². The smallest absolute Gasteiger partial charge is 0.279 e. The van der Waals surface area contributed by atoms with Gasteiger partial charge in [0.15, 0.2) is 0 Å². The summed E-state index contributed by atoms with van der Waals surface area (Å²) >= 11 is 0. The Bertz CT molecular complexity index is 239. The molecule has 0 saturated carbocycles. The predicted molar refractivity (Wildman–Crippen MR) is 56.1 cm³/mol. The lowest BCUT2D eigenvalue weighted by molar-refractivity contribution is 0.270. The van der Waals surface area contributed by atoms with Crippen molar-refractivity contribution in [2.75, 3.05) is 19.7 Å². The van der Waals surface area contributed by atoms with Gasteiger partial charge in [-0.3, -0.25) is 0 Å². The third kappa shape index (κ3) is 4.90. The first-order valence-electron chi connectivity index (χ1n) is 4.82. The molecule has 0 aromatic rings. The zero-order valence-electron chi connectivity index (χ0n) is 9.02. The minimum absolute atomic E-state index is 0.00764. The molecule has 0 aliphatic rings. The van der Waals surface area contributed by atoms with Crippen molar-refractivity contribution in [1.29, 1.82) is 0 Å². The van der Waals surface area contributed by atoms with Crippen LogP contribution >= 0.6 is 0 Å². The topological polar surface area (TPSA) is 69.6 Å². The molecule has 0 aliphatic carbocycles. The van der Waals surface area contributed by atoms with Crippen molar-refractivity contribution >= 4 is 10.2 Å². The van der Waals surface area contributed by atoms with E-state index >= 15 is 0 Å². The summed E-state index contributed by atoms with van der Waals surface area (Å²) in [7, 11) is -3.37. The first-order chi connectivity index (χ1) is 6.44. The molecule has 0 radical (unpaired) electrons. The Labute approximate surface area is 86.3 Å². The van der Waals surface area contributed by atoms with Crippen LogP contribution in [0.15, 0.2) is 0 Å². The highest BCUT2D eigenvalue weighted by Crippen LogP contribution is 2.00. The molecular weight excluding hydrogens is 204 g/mol. The van der Waals surface area contributed by atoms with Gasteiger partial charge in [-0.15, -0.1) is 0 Å². The zero-order chi connectivity index (χ0) is 11.2. The SMILES string of the molecule is CCN(CCCO)S(=O)(=O)NC(C)C. The van der Waals surface area contributed by atoms with Gasteiger partial charge in [-0.1, -0.05) is 6.92 Å². The minimum atomic E-state index is -3.37. The van der Waals surface area contributed by atoms with Crippen molar-refractivity contribution in [3.05, 3.63) is 0 Å². The zero-order valence-corrected chi connectivity index (χ0v) is 9.84. The van der Waals surface area contributed by atoms with Crippen LogP contribution in [0.3, 0.4) is 0 Å². The summed E-state index contributed by atoms with van der Waals surface area (Å²) in [5.41, 5.74) is 0. The van der Waals surface area contributed by atoms with Crippen molar-refractivity contribution in [3.8, 4) is 0 Å². The van der Waals surface area contributed by atoms with E-state index in [2.05, 4.69) is 4.72 Å². The fourth-order valence-electron chi connectivity index (χ4n) is 1.07. The van der Waals surface area contributed by atoms with Crippen molar-refractivity contribution in [3.63, 3.8) is 0 Å². The van der Waals surface area contributed by atoms with Crippen LogP contribution in [0.1, 0.15) is 27.2 Å². The van der Waals surface area contributed by atoms with Gasteiger partial charge in [0.2, 0.25) is 0 Å². The second-order valence-electron chi connectivity index (χ2n) is 3.35. The Morgan fingerprint density at radius 3 is 2.36 bits per heavy atom. The Balaban J connectivity index is 4.34. The van der Waals surface area contributed by atoms with Gasteiger partial charge in [0.05, 0.1) is 0 Å². The van der Waals surface area contributed by atoms with Crippen LogP contribution in [-0.4, -0.2) is 43.6 Å². The molecule has 0 fully saturated rings. The summed E-state index contributed by atoms with van der Waals surface area (Å²) in [5, 5.41) is 8.62. The Kier molecular flexibility index (Phi) is 6.26. The van der Waals surface area contributed by atoms with Crippen molar-refractivity contribution in [2.24, 2.45) is 0 Å². The summed E-state index contributed by atoms with van der Waals surface area (Å²) in [6.07, 6.45) is 0.465. The number of nitrogens with zero attached hydrogens (tertiary/aromatic N) is 1. The average Bonchev–Trinajstić information content (AvgIpc) is 2.02. The van der Waals surface area contributed by atoms with Crippen LogP contribution in [0.2, 0.25) is 0 Å². The van der Waals surface area contributed by atoms with Crippen LogP contribution in [0.4, 0.5) is 0 Å². The monoisotopic (exact) mass is 224 g/mol. The fourth-order valence-corrected chi connectivity index (χ4v) is 2.52. The highest BCUT2D eigenvalue weighted by molar-refractivity contribution is 7.87. The lowest BCUT2D eigenvalue weighted by Crippen LogP contribution is -2.44. The molecule has 6 heteroatoms. The van der Waals surface area contributed by atoms with E-state index in [9.17, 15) is 8.42 Å². The molecular formula is C8H20N2O3S. The molecule has 5 nitrogen and oxygen atoms in total. The summed E-state index contributed by atoms with van der Waals surface area (Å²) < 4.78 is 27.0. The summed E-state index contributed by atoms with van der Waals surface area (Å²) in [5.74, 6) is 0. The van der Waals surface area contributed by atoms with E-state index in [4.69, 9.17) is 5.11 Å². The quantitative estimate of drug-likeness (QED) is 0.636. The molecule has 0 amide bonds. The van der Waals surface area contributed by atoms with Gasteiger partial charge in [-0.05, 0) is 20.3 Å². The van der Waals surface area contributed by atoms with Crippen molar-refractivity contribution in [2.45, 2.75) is 33.2 Å². The van der Waals surface area contributed by atoms with E-state index in [-0.39, 0.29) is 12.6 Å². The summed E-state index contributed by atoms with van der Waals surface area (Å²) in [4.78, 5) is 0. The lowest BCUT2D eigenvalue weighted by atomic mass is 10.4. The van der Waals surface area contributed by atoms with Crippen LogP contribution in [-0.2, 0) is 10.2 Å². The van der Waals surface area contributed by atoms with E-state index < -0.39 is 10.2 Å². The van der Waals surface area contributed by atoms with Gasteiger partial charge in [-0.25, -0.2) is 0 Å². The van der Waals surface area contributed by atoms with Crippen LogP contribution in [0, 0.1) is 0 Å². The standard InChI is InChI=1S/C8H20N2O3S/c1-4-10(6-5-7-11)14(12,13)9-8(2)3/h8-9,11H,4-7H2,1-3H3. The van der Waals surface area contributed by atoms with E-state index in [1.54, 1.807) is 20.8 Å².